The molecule has 144 valence electrons. The highest BCUT2D eigenvalue weighted by Crippen LogP contribution is 2.21. The Bertz CT molecular complexity index is 643. The van der Waals surface area contributed by atoms with Gasteiger partial charge in [0.25, 0.3) is 11.6 Å². The normalized spacial score (nSPS) is 10.7. The van der Waals surface area contributed by atoms with E-state index in [0.29, 0.717) is 13.2 Å². The van der Waals surface area contributed by atoms with Crippen molar-refractivity contribution < 1.29 is 24.0 Å². The fourth-order valence-corrected chi connectivity index (χ4v) is 2.71. The number of benzene rings is 1. The Morgan fingerprint density at radius 2 is 1.77 bits per heavy atom. The van der Waals surface area contributed by atoms with E-state index >= 15 is 0 Å². The molecule has 26 heavy (non-hydrogen) atoms. The first-order valence-electron chi connectivity index (χ1n) is 8.65. The summed E-state index contributed by atoms with van der Waals surface area (Å²) in [6, 6.07) is 3.62. The van der Waals surface area contributed by atoms with Crippen LogP contribution in [0.2, 0.25) is 0 Å². The van der Waals surface area contributed by atoms with Gasteiger partial charge < -0.3 is 14.4 Å². The molecule has 0 aliphatic carbocycles. The number of hydrogen-bond donors (Lipinski definition) is 0. The number of methoxy groups -OCH3 is 1. The molecule has 1 aromatic carbocycles. The van der Waals surface area contributed by atoms with E-state index in [-0.39, 0.29) is 35.4 Å². The number of carbonyl (C=O) groups excluding carboxylic acids is 2. The molecule has 0 radical (unpaired) electrons. The molecule has 0 aromatic heterocycles. The van der Waals surface area contributed by atoms with Crippen LogP contribution in [0, 0.1) is 10.1 Å². The Hall–Kier alpha value is -2.48. The lowest BCUT2D eigenvalue weighted by molar-refractivity contribution is -0.384. The van der Waals surface area contributed by atoms with E-state index in [0.717, 1.165) is 18.9 Å². The van der Waals surface area contributed by atoms with Crippen molar-refractivity contribution in [1.29, 1.82) is 0 Å². The minimum Gasteiger partial charge on any atom is -0.462 e. The molecule has 1 amide bonds. The maximum atomic E-state index is 13.0. The highest BCUT2D eigenvalue weighted by Gasteiger charge is 2.25. The van der Waals surface area contributed by atoms with Crippen molar-refractivity contribution in [2.24, 2.45) is 0 Å². The van der Waals surface area contributed by atoms with Gasteiger partial charge in [-0.15, -0.1) is 0 Å². The van der Waals surface area contributed by atoms with Crippen molar-refractivity contribution in [3.8, 4) is 0 Å². The molecule has 0 bridgehead atoms. The van der Waals surface area contributed by atoms with Gasteiger partial charge in [0.15, 0.2) is 0 Å². The summed E-state index contributed by atoms with van der Waals surface area (Å²) >= 11 is 0. The van der Waals surface area contributed by atoms with Crippen molar-refractivity contribution in [3.05, 3.63) is 39.4 Å². The molecule has 0 aliphatic rings. The Morgan fingerprint density at radius 3 is 2.27 bits per heavy atom. The van der Waals surface area contributed by atoms with Crippen molar-refractivity contribution in [3.63, 3.8) is 0 Å². The molecule has 0 heterocycles. The molecule has 0 fully saturated rings. The van der Waals surface area contributed by atoms with Gasteiger partial charge >= 0.3 is 5.97 Å². The number of amides is 1. The van der Waals surface area contributed by atoms with E-state index < -0.39 is 10.9 Å². The van der Waals surface area contributed by atoms with Gasteiger partial charge in [-0.2, -0.15) is 0 Å². The van der Waals surface area contributed by atoms with Crippen molar-refractivity contribution in [1.82, 2.24) is 4.90 Å². The van der Waals surface area contributed by atoms with Crippen LogP contribution in [0.25, 0.3) is 0 Å². The number of non-ortho nitro benzene ring substituents is 1. The molecule has 0 aliphatic heterocycles. The molecule has 0 atom stereocenters. The third-order valence-electron chi connectivity index (χ3n) is 4.07. The molecule has 8 nitrogen and oxygen atoms in total. The third kappa shape index (κ3) is 5.52. The van der Waals surface area contributed by atoms with Gasteiger partial charge in [0.05, 0.1) is 23.7 Å². The molecular weight excluding hydrogens is 340 g/mol. The van der Waals surface area contributed by atoms with Crippen LogP contribution in [-0.4, -0.2) is 54.6 Å². The number of hydrogen-bond acceptors (Lipinski definition) is 6. The van der Waals surface area contributed by atoms with Gasteiger partial charge in [0.2, 0.25) is 0 Å². The number of esters is 1. The molecule has 8 heteroatoms. The molecule has 1 aromatic rings. The average Bonchev–Trinajstić information content (AvgIpc) is 2.64. The summed E-state index contributed by atoms with van der Waals surface area (Å²) in [4.78, 5) is 37.2. The fraction of sp³-hybridized carbons (Fsp3) is 0.556. The zero-order valence-corrected chi connectivity index (χ0v) is 15.7. The Balaban J connectivity index is 3.32. The zero-order chi connectivity index (χ0) is 19.7. The first-order valence-corrected chi connectivity index (χ1v) is 8.65. The third-order valence-corrected chi connectivity index (χ3v) is 4.07. The summed E-state index contributed by atoms with van der Waals surface area (Å²) in [5.41, 5.74) is -0.249. The number of carbonyl (C=O) groups is 2. The standard InChI is InChI=1S/C18H26N2O6/c1-5-15(6-2)19(8-9-25-4)17(21)13-10-14(18(22)26-7-3)12-16(11-13)20(23)24/h10-12,15H,5-9H2,1-4H3. The second-order valence-electron chi connectivity index (χ2n) is 5.71. The van der Waals surface area contributed by atoms with Gasteiger partial charge in [-0.25, -0.2) is 4.79 Å². The minimum atomic E-state index is -0.698. The lowest BCUT2D eigenvalue weighted by Crippen LogP contribution is -2.41. The number of nitro groups is 1. The van der Waals surface area contributed by atoms with E-state index in [4.69, 9.17) is 9.47 Å². The molecule has 0 spiro atoms. The topological polar surface area (TPSA) is 99.0 Å². The quantitative estimate of drug-likeness (QED) is 0.358. The molecule has 1 rings (SSSR count). The summed E-state index contributed by atoms with van der Waals surface area (Å²) in [6.45, 7) is 6.43. The lowest BCUT2D eigenvalue weighted by Gasteiger charge is -2.30. The number of rotatable bonds is 10. The van der Waals surface area contributed by atoms with Crippen LogP contribution in [0.4, 0.5) is 5.69 Å². The van der Waals surface area contributed by atoms with Crippen LogP contribution < -0.4 is 0 Å². The Morgan fingerprint density at radius 1 is 1.15 bits per heavy atom. The number of nitrogens with zero attached hydrogens (tertiary/aromatic N) is 2. The number of ether oxygens (including phenoxy) is 2. The predicted molar refractivity (Wildman–Crippen MR) is 96.3 cm³/mol. The van der Waals surface area contributed by atoms with Crippen LogP contribution >= 0.6 is 0 Å². The monoisotopic (exact) mass is 366 g/mol. The second kappa shape index (κ2) is 10.5. The maximum Gasteiger partial charge on any atom is 0.338 e. The number of nitro benzene ring substituents is 1. The largest absolute Gasteiger partial charge is 0.462 e. The van der Waals surface area contributed by atoms with Gasteiger partial charge in [0, 0.05) is 37.4 Å². The summed E-state index contributed by atoms with van der Waals surface area (Å²) in [5.74, 6) is -1.07. The van der Waals surface area contributed by atoms with Gasteiger partial charge in [-0.1, -0.05) is 13.8 Å². The first kappa shape index (κ1) is 21.6. The Kier molecular flexibility index (Phi) is 8.71. The van der Waals surface area contributed by atoms with Gasteiger partial charge in [-0.3, -0.25) is 14.9 Å². The van der Waals surface area contributed by atoms with E-state index in [1.54, 1.807) is 18.9 Å². The van der Waals surface area contributed by atoms with Crippen LogP contribution in [0.1, 0.15) is 54.3 Å². The highest BCUT2D eigenvalue weighted by atomic mass is 16.6. The van der Waals surface area contributed by atoms with Gasteiger partial charge in [-0.05, 0) is 25.8 Å². The zero-order valence-electron chi connectivity index (χ0n) is 15.7. The first-order chi connectivity index (χ1) is 12.4. The predicted octanol–water partition coefficient (Wildman–Crippen LogP) is 3.05. The Labute approximate surface area is 153 Å². The van der Waals surface area contributed by atoms with Gasteiger partial charge in [0.1, 0.15) is 0 Å². The lowest BCUT2D eigenvalue weighted by atomic mass is 10.0. The van der Waals surface area contributed by atoms with Crippen molar-refractivity contribution >= 4 is 17.6 Å². The van der Waals surface area contributed by atoms with Crippen LogP contribution in [0.5, 0.6) is 0 Å². The van der Waals surface area contributed by atoms with E-state index in [1.165, 1.54) is 12.1 Å². The summed E-state index contributed by atoms with van der Waals surface area (Å²) in [6.07, 6.45) is 1.48. The molecule has 0 saturated carbocycles. The SMILES string of the molecule is CCOC(=O)c1cc(C(=O)N(CCOC)C(CC)CC)cc([N+](=O)[O-])c1. The van der Waals surface area contributed by atoms with E-state index in [9.17, 15) is 19.7 Å². The van der Waals surface area contributed by atoms with E-state index in [1.807, 2.05) is 13.8 Å². The summed E-state index contributed by atoms with van der Waals surface area (Å²) in [7, 11) is 1.54. The molecule has 0 saturated heterocycles. The van der Waals surface area contributed by atoms with Crippen molar-refractivity contribution in [2.75, 3.05) is 26.9 Å². The maximum absolute atomic E-state index is 13.0. The van der Waals surface area contributed by atoms with Crippen LogP contribution in [-0.2, 0) is 9.47 Å². The van der Waals surface area contributed by atoms with Crippen LogP contribution in [0.15, 0.2) is 18.2 Å². The summed E-state index contributed by atoms with van der Waals surface area (Å²) in [5, 5.41) is 11.2. The van der Waals surface area contributed by atoms with Crippen molar-refractivity contribution in [2.45, 2.75) is 39.7 Å². The molecule has 0 N–H and O–H groups in total. The van der Waals surface area contributed by atoms with Crippen LogP contribution in [0.3, 0.4) is 0 Å². The molecule has 0 unspecified atom stereocenters. The molecular formula is C18H26N2O6. The fourth-order valence-electron chi connectivity index (χ4n) is 2.71. The average molecular weight is 366 g/mol. The summed E-state index contributed by atoms with van der Waals surface area (Å²) < 4.78 is 9.98. The minimum absolute atomic E-state index is 0.0133. The second-order valence-corrected chi connectivity index (χ2v) is 5.71. The smallest absolute Gasteiger partial charge is 0.338 e. The highest BCUT2D eigenvalue weighted by molar-refractivity contribution is 5.99. The van der Waals surface area contributed by atoms with E-state index in [2.05, 4.69) is 0 Å².